The first kappa shape index (κ1) is 23.9. The summed E-state index contributed by atoms with van der Waals surface area (Å²) in [4.78, 5) is 43.0. The minimum Gasteiger partial charge on any atom is -0.326 e. The highest BCUT2D eigenvalue weighted by molar-refractivity contribution is 6.23. The van der Waals surface area contributed by atoms with Gasteiger partial charge in [0.25, 0.3) is 11.8 Å². The number of aryl methyl sites for hydroxylation is 1. The maximum absolute atomic E-state index is 13.6. The van der Waals surface area contributed by atoms with Crippen LogP contribution in [0.5, 0.6) is 0 Å². The van der Waals surface area contributed by atoms with E-state index in [1.54, 1.807) is 11.0 Å². The molecule has 3 amide bonds. The summed E-state index contributed by atoms with van der Waals surface area (Å²) in [5.41, 5.74) is 4.60. The van der Waals surface area contributed by atoms with Gasteiger partial charge in [-0.1, -0.05) is 55.3 Å². The number of carbonyl (C=O) groups is 3. The first-order chi connectivity index (χ1) is 16.3. The summed E-state index contributed by atoms with van der Waals surface area (Å²) in [6, 6.07) is 14.2. The Morgan fingerprint density at radius 2 is 1.85 bits per heavy atom. The van der Waals surface area contributed by atoms with Crippen molar-refractivity contribution in [3.8, 4) is 0 Å². The number of amides is 3. The Morgan fingerprint density at radius 3 is 2.50 bits per heavy atom. The van der Waals surface area contributed by atoms with E-state index in [0.29, 0.717) is 23.7 Å². The number of benzene rings is 2. The fraction of sp³-hybridized carbons (Fsp3) is 0.414. The summed E-state index contributed by atoms with van der Waals surface area (Å²) in [7, 11) is 0. The van der Waals surface area contributed by atoms with E-state index in [9.17, 15) is 14.4 Å². The van der Waals surface area contributed by atoms with Crippen LogP contribution in [0.25, 0.3) is 0 Å². The SMILES string of the molecule is Cc1cccc(C(=O)N(CCC2=CCCCC2)C2CC(=O)N(c3ccc(C(C)C)cc3)C2=O)c1. The summed E-state index contributed by atoms with van der Waals surface area (Å²) in [6.45, 7) is 6.59. The Balaban J connectivity index is 1.60. The van der Waals surface area contributed by atoms with Crippen LogP contribution >= 0.6 is 0 Å². The Kier molecular flexibility index (Phi) is 7.30. The fourth-order valence-electron chi connectivity index (χ4n) is 4.88. The zero-order valence-corrected chi connectivity index (χ0v) is 20.4. The summed E-state index contributed by atoms with van der Waals surface area (Å²) >= 11 is 0. The van der Waals surface area contributed by atoms with Crippen molar-refractivity contribution in [2.75, 3.05) is 11.4 Å². The highest BCUT2D eigenvalue weighted by Gasteiger charge is 2.44. The van der Waals surface area contributed by atoms with Gasteiger partial charge in [-0.05, 0) is 74.8 Å². The van der Waals surface area contributed by atoms with E-state index in [4.69, 9.17) is 0 Å². The molecule has 1 heterocycles. The van der Waals surface area contributed by atoms with Gasteiger partial charge in [0.2, 0.25) is 5.91 Å². The van der Waals surface area contributed by atoms with E-state index >= 15 is 0 Å². The minimum atomic E-state index is -0.783. The van der Waals surface area contributed by atoms with Crippen molar-refractivity contribution >= 4 is 23.4 Å². The molecule has 1 saturated heterocycles. The van der Waals surface area contributed by atoms with Gasteiger partial charge in [0.15, 0.2) is 0 Å². The molecule has 0 N–H and O–H groups in total. The normalized spacial score (nSPS) is 18.4. The first-order valence-corrected chi connectivity index (χ1v) is 12.4. The number of hydrogen-bond donors (Lipinski definition) is 0. The second-order valence-corrected chi connectivity index (χ2v) is 9.76. The minimum absolute atomic E-state index is 0.0152. The Morgan fingerprint density at radius 1 is 1.09 bits per heavy atom. The number of rotatable bonds is 7. The molecule has 178 valence electrons. The predicted octanol–water partition coefficient (Wildman–Crippen LogP) is 5.78. The topological polar surface area (TPSA) is 57.7 Å². The highest BCUT2D eigenvalue weighted by Crippen LogP contribution is 2.29. The van der Waals surface area contributed by atoms with Crippen LogP contribution in [0.4, 0.5) is 5.69 Å². The molecule has 34 heavy (non-hydrogen) atoms. The van der Waals surface area contributed by atoms with Gasteiger partial charge in [0.1, 0.15) is 6.04 Å². The molecule has 0 saturated carbocycles. The van der Waals surface area contributed by atoms with E-state index in [0.717, 1.165) is 30.4 Å². The highest BCUT2D eigenvalue weighted by atomic mass is 16.2. The average Bonchev–Trinajstić information content (AvgIpc) is 3.13. The van der Waals surface area contributed by atoms with Gasteiger partial charge in [0.05, 0.1) is 12.1 Å². The third-order valence-corrected chi connectivity index (χ3v) is 6.90. The van der Waals surface area contributed by atoms with Crippen LogP contribution in [0.2, 0.25) is 0 Å². The number of hydrogen-bond acceptors (Lipinski definition) is 3. The number of anilines is 1. The molecule has 0 aromatic heterocycles. The molecule has 2 aliphatic rings. The largest absolute Gasteiger partial charge is 0.326 e. The van der Waals surface area contributed by atoms with Crippen LogP contribution in [0, 0.1) is 6.92 Å². The van der Waals surface area contributed by atoms with Gasteiger partial charge in [-0.25, -0.2) is 4.90 Å². The molecule has 1 atom stereocenters. The standard InChI is InChI=1S/C29H34N2O3/c1-20(2)23-12-14-25(15-13-23)31-27(32)19-26(29(31)34)30(17-16-22-9-5-4-6-10-22)28(33)24-11-7-8-21(3)18-24/h7-9,11-15,18,20,26H,4-6,10,16-17,19H2,1-3H3. The lowest BCUT2D eigenvalue weighted by atomic mass is 9.96. The van der Waals surface area contributed by atoms with Gasteiger partial charge < -0.3 is 4.90 Å². The van der Waals surface area contributed by atoms with E-state index in [1.807, 2.05) is 49.4 Å². The van der Waals surface area contributed by atoms with Crippen LogP contribution in [0.3, 0.4) is 0 Å². The van der Waals surface area contributed by atoms with Crippen molar-refractivity contribution in [1.82, 2.24) is 4.90 Å². The molecule has 0 spiro atoms. The summed E-state index contributed by atoms with van der Waals surface area (Å²) in [5, 5.41) is 0. The first-order valence-electron chi connectivity index (χ1n) is 12.4. The van der Waals surface area contributed by atoms with E-state index in [2.05, 4.69) is 19.9 Å². The third kappa shape index (κ3) is 5.14. The van der Waals surface area contributed by atoms with E-state index in [1.165, 1.54) is 23.3 Å². The van der Waals surface area contributed by atoms with Gasteiger partial charge in [-0.15, -0.1) is 0 Å². The summed E-state index contributed by atoms with van der Waals surface area (Å²) in [5.74, 6) is -0.404. The van der Waals surface area contributed by atoms with Gasteiger partial charge in [-0.3, -0.25) is 14.4 Å². The number of imide groups is 1. The molecule has 0 bridgehead atoms. The van der Waals surface area contributed by atoms with Crippen molar-refractivity contribution in [2.45, 2.75) is 71.3 Å². The van der Waals surface area contributed by atoms with E-state index in [-0.39, 0.29) is 24.1 Å². The van der Waals surface area contributed by atoms with Crippen LogP contribution in [-0.2, 0) is 9.59 Å². The van der Waals surface area contributed by atoms with Crippen molar-refractivity contribution in [1.29, 1.82) is 0 Å². The molecule has 5 nitrogen and oxygen atoms in total. The van der Waals surface area contributed by atoms with Crippen LogP contribution in [0.1, 0.15) is 79.8 Å². The molecule has 0 radical (unpaired) electrons. The van der Waals surface area contributed by atoms with Crippen molar-refractivity contribution in [3.63, 3.8) is 0 Å². The summed E-state index contributed by atoms with van der Waals surface area (Å²) < 4.78 is 0. The monoisotopic (exact) mass is 458 g/mol. The Labute approximate surface area is 202 Å². The molecular weight excluding hydrogens is 424 g/mol. The molecule has 2 aromatic carbocycles. The molecule has 2 aromatic rings. The molecule has 4 rings (SSSR count). The second-order valence-electron chi connectivity index (χ2n) is 9.76. The quantitative estimate of drug-likeness (QED) is 0.390. The lowest BCUT2D eigenvalue weighted by Gasteiger charge is -2.29. The lowest BCUT2D eigenvalue weighted by molar-refractivity contribution is -0.122. The third-order valence-electron chi connectivity index (χ3n) is 6.90. The maximum Gasteiger partial charge on any atom is 0.257 e. The summed E-state index contributed by atoms with van der Waals surface area (Å²) in [6.07, 6.45) is 7.50. The fourth-order valence-corrected chi connectivity index (χ4v) is 4.88. The van der Waals surface area contributed by atoms with Gasteiger partial charge >= 0.3 is 0 Å². The van der Waals surface area contributed by atoms with Crippen molar-refractivity contribution < 1.29 is 14.4 Å². The Bertz CT molecular complexity index is 1100. The van der Waals surface area contributed by atoms with Gasteiger partial charge in [-0.2, -0.15) is 0 Å². The molecular formula is C29H34N2O3. The molecule has 5 heteroatoms. The molecule has 1 aliphatic carbocycles. The molecule has 1 unspecified atom stereocenters. The second kappa shape index (κ2) is 10.4. The maximum atomic E-state index is 13.6. The van der Waals surface area contributed by atoms with Crippen molar-refractivity contribution in [2.24, 2.45) is 0 Å². The zero-order chi connectivity index (χ0) is 24.2. The number of nitrogens with zero attached hydrogens (tertiary/aromatic N) is 2. The van der Waals surface area contributed by atoms with E-state index < -0.39 is 6.04 Å². The molecule has 1 fully saturated rings. The number of carbonyl (C=O) groups excluding carboxylic acids is 3. The smallest absolute Gasteiger partial charge is 0.257 e. The zero-order valence-electron chi connectivity index (χ0n) is 20.4. The van der Waals surface area contributed by atoms with Crippen LogP contribution in [-0.4, -0.2) is 35.2 Å². The van der Waals surface area contributed by atoms with Crippen LogP contribution in [0.15, 0.2) is 60.2 Å². The average molecular weight is 459 g/mol. The van der Waals surface area contributed by atoms with Gasteiger partial charge in [0, 0.05) is 12.1 Å². The lowest BCUT2D eigenvalue weighted by Crippen LogP contribution is -2.46. The molecule has 1 aliphatic heterocycles. The Hall–Kier alpha value is -3.21. The number of allylic oxidation sites excluding steroid dienone is 1. The van der Waals surface area contributed by atoms with Crippen molar-refractivity contribution in [3.05, 3.63) is 76.9 Å². The van der Waals surface area contributed by atoms with Crippen LogP contribution < -0.4 is 4.90 Å². The predicted molar refractivity (Wildman–Crippen MR) is 135 cm³/mol.